The van der Waals surface area contributed by atoms with Crippen molar-refractivity contribution >= 4 is 33.3 Å². The van der Waals surface area contributed by atoms with Gasteiger partial charge in [-0.2, -0.15) is 0 Å². The van der Waals surface area contributed by atoms with Gasteiger partial charge in [-0.25, -0.2) is 9.18 Å². The van der Waals surface area contributed by atoms with Gasteiger partial charge in [0.05, 0.1) is 0 Å². The molecule has 0 aliphatic carbocycles. The molecule has 0 saturated heterocycles. The highest BCUT2D eigenvalue weighted by Gasteiger charge is 2.14. The number of rotatable bonds is 3. The van der Waals surface area contributed by atoms with E-state index in [-0.39, 0.29) is 17.3 Å². The van der Waals surface area contributed by atoms with Crippen LogP contribution in [0.3, 0.4) is 0 Å². The standard InChI is InChI=1S/C12H10FNO3S/c1-14-11(15)6-17-12(16)10-5-7-8(13)3-2-4-9(7)18-10/h2-5H,6H2,1H3,(H,14,15). The molecule has 2 rings (SSSR count). The Hall–Kier alpha value is -1.95. The first-order valence-electron chi connectivity index (χ1n) is 5.17. The van der Waals surface area contributed by atoms with Gasteiger partial charge in [-0.15, -0.1) is 11.3 Å². The van der Waals surface area contributed by atoms with Crippen molar-refractivity contribution in [1.29, 1.82) is 0 Å². The molecule has 0 bridgehead atoms. The number of amides is 1. The first-order valence-corrected chi connectivity index (χ1v) is 5.99. The van der Waals surface area contributed by atoms with Crippen molar-refractivity contribution in [3.05, 3.63) is 35.0 Å². The van der Waals surface area contributed by atoms with Crippen molar-refractivity contribution in [2.24, 2.45) is 0 Å². The summed E-state index contributed by atoms with van der Waals surface area (Å²) in [6, 6.07) is 6.06. The van der Waals surface area contributed by atoms with Crippen LogP contribution in [0.15, 0.2) is 24.3 Å². The minimum absolute atomic E-state index is 0.277. The fraction of sp³-hybridized carbons (Fsp3) is 0.167. The summed E-state index contributed by atoms with van der Waals surface area (Å²) in [7, 11) is 1.45. The second-order valence-electron chi connectivity index (χ2n) is 3.51. The zero-order valence-corrected chi connectivity index (χ0v) is 10.3. The van der Waals surface area contributed by atoms with Gasteiger partial charge in [0.25, 0.3) is 5.91 Å². The van der Waals surface area contributed by atoms with E-state index >= 15 is 0 Å². The third-order valence-corrected chi connectivity index (χ3v) is 3.40. The number of ether oxygens (including phenoxy) is 1. The molecule has 0 aliphatic rings. The predicted molar refractivity (Wildman–Crippen MR) is 66.1 cm³/mol. The minimum Gasteiger partial charge on any atom is -0.451 e. The summed E-state index contributed by atoms with van der Waals surface area (Å²) in [4.78, 5) is 22.8. The van der Waals surface area contributed by atoms with Crippen molar-refractivity contribution in [2.45, 2.75) is 0 Å². The zero-order chi connectivity index (χ0) is 13.1. The summed E-state index contributed by atoms with van der Waals surface area (Å²) in [5.41, 5.74) is 0. The number of hydrogen-bond donors (Lipinski definition) is 1. The molecule has 18 heavy (non-hydrogen) atoms. The number of benzene rings is 1. The van der Waals surface area contributed by atoms with Crippen LogP contribution in [0.4, 0.5) is 4.39 Å². The first-order chi connectivity index (χ1) is 8.61. The van der Waals surface area contributed by atoms with Crippen LogP contribution < -0.4 is 5.32 Å². The van der Waals surface area contributed by atoms with Gasteiger partial charge >= 0.3 is 5.97 Å². The summed E-state index contributed by atoms with van der Waals surface area (Å²) in [5.74, 6) is -1.40. The number of carbonyl (C=O) groups excluding carboxylic acids is 2. The van der Waals surface area contributed by atoms with E-state index in [0.717, 1.165) is 11.3 Å². The normalized spacial score (nSPS) is 10.3. The lowest BCUT2D eigenvalue weighted by Gasteiger charge is -2.00. The van der Waals surface area contributed by atoms with Crippen LogP contribution in [0, 0.1) is 5.82 Å². The molecule has 0 unspecified atom stereocenters. The molecule has 6 heteroatoms. The van der Waals surface area contributed by atoms with Gasteiger partial charge in [-0.1, -0.05) is 6.07 Å². The molecule has 0 spiro atoms. The Morgan fingerprint density at radius 1 is 1.44 bits per heavy atom. The maximum Gasteiger partial charge on any atom is 0.348 e. The quantitative estimate of drug-likeness (QED) is 0.865. The molecule has 1 heterocycles. The largest absolute Gasteiger partial charge is 0.451 e. The summed E-state index contributed by atoms with van der Waals surface area (Å²) >= 11 is 1.13. The van der Waals surface area contributed by atoms with Crippen LogP contribution in [0.5, 0.6) is 0 Å². The van der Waals surface area contributed by atoms with Gasteiger partial charge in [-0.05, 0) is 18.2 Å². The Labute approximate surface area is 106 Å². The van der Waals surface area contributed by atoms with Gasteiger partial charge in [0.15, 0.2) is 6.61 Å². The van der Waals surface area contributed by atoms with E-state index in [2.05, 4.69) is 5.32 Å². The number of hydrogen-bond acceptors (Lipinski definition) is 4. The monoisotopic (exact) mass is 267 g/mol. The lowest BCUT2D eigenvalue weighted by Crippen LogP contribution is -2.24. The van der Waals surface area contributed by atoms with Gasteiger partial charge < -0.3 is 10.1 Å². The molecule has 0 saturated carbocycles. The third-order valence-electron chi connectivity index (χ3n) is 2.32. The number of halogens is 1. The molecular weight excluding hydrogens is 257 g/mol. The number of likely N-dealkylation sites (N-methyl/N-ethyl adjacent to an activating group) is 1. The second kappa shape index (κ2) is 5.14. The van der Waals surface area contributed by atoms with E-state index in [1.165, 1.54) is 19.2 Å². The van der Waals surface area contributed by atoms with E-state index in [0.29, 0.717) is 10.1 Å². The summed E-state index contributed by atoms with van der Waals surface area (Å²) < 4.78 is 18.9. The Balaban J connectivity index is 2.18. The van der Waals surface area contributed by atoms with E-state index in [9.17, 15) is 14.0 Å². The van der Waals surface area contributed by atoms with E-state index in [1.807, 2.05) is 0 Å². The number of carbonyl (C=O) groups is 2. The molecule has 1 aromatic carbocycles. The Morgan fingerprint density at radius 2 is 2.22 bits per heavy atom. The molecular formula is C12H10FNO3S. The molecule has 1 N–H and O–H groups in total. The predicted octanol–water partition coefficient (Wildman–Crippen LogP) is 1.94. The maximum atomic E-state index is 13.4. The van der Waals surface area contributed by atoms with Crippen LogP contribution >= 0.6 is 11.3 Å². The van der Waals surface area contributed by atoms with Crippen molar-refractivity contribution in [3.63, 3.8) is 0 Å². The van der Waals surface area contributed by atoms with Crippen LogP contribution in [-0.2, 0) is 9.53 Å². The summed E-state index contributed by atoms with van der Waals surface area (Å²) in [6.07, 6.45) is 0. The fourth-order valence-electron chi connectivity index (χ4n) is 1.40. The minimum atomic E-state index is -0.626. The molecule has 94 valence electrons. The number of thiophene rings is 1. The van der Waals surface area contributed by atoms with Crippen molar-refractivity contribution in [2.75, 3.05) is 13.7 Å². The molecule has 0 fully saturated rings. The number of esters is 1. The third kappa shape index (κ3) is 2.48. The zero-order valence-electron chi connectivity index (χ0n) is 9.53. The maximum absolute atomic E-state index is 13.4. The van der Waals surface area contributed by atoms with Gasteiger partial charge in [0, 0.05) is 17.1 Å². The molecule has 2 aromatic rings. The van der Waals surface area contributed by atoms with Gasteiger partial charge in [-0.3, -0.25) is 4.79 Å². The second-order valence-corrected chi connectivity index (χ2v) is 4.60. The average Bonchev–Trinajstić information content (AvgIpc) is 2.81. The highest BCUT2D eigenvalue weighted by atomic mass is 32.1. The smallest absolute Gasteiger partial charge is 0.348 e. The Bertz CT molecular complexity index is 608. The topological polar surface area (TPSA) is 55.4 Å². The van der Waals surface area contributed by atoms with E-state index < -0.39 is 11.9 Å². The fourth-order valence-corrected chi connectivity index (χ4v) is 2.37. The summed E-state index contributed by atoms with van der Waals surface area (Å²) in [5, 5.41) is 2.72. The van der Waals surface area contributed by atoms with Gasteiger partial charge in [0.1, 0.15) is 10.7 Å². The van der Waals surface area contributed by atoms with E-state index in [1.54, 1.807) is 12.1 Å². The number of fused-ring (bicyclic) bond motifs is 1. The lowest BCUT2D eigenvalue weighted by atomic mass is 10.2. The molecule has 4 nitrogen and oxygen atoms in total. The van der Waals surface area contributed by atoms with Crippen molar-refractivity contribution in [1.82, 2.24) is 5.32 Å². The Morgan fingerprint density at radius 3 is 2.89 bits per heavy atom. The Kier molecular flexibility index (Phi) is 3.57. The van der Waals surface area contributed by atoms with Crippen molar-refractivity contribution < 1.29 is 18.7 Å². The van der Waals surface area contributed by atoms with Gasteiger partial charge in [0.2, 0.25) is 0 Å². The molecule has 0 atom stereocenters. The van der Waals surface area contributed by atoms with Crippen LogP contribution in [0.2, 0.25) is 0 Å². The number of nitrogens with one attached hydrogen (secondary N) is 1. The SMILES string of the molecule is CNC(=O)COC(=O)c1cc2c(F)cccc2s1. The van der Waals surface area contributed by atoms with Crippen LogP contribution in [0.25, 0.3) is 10.1 Å². The highest BCUT2D eigenvalue weighted by Crippen LogP contribution is 2.27. The molecule has 0 radical (unpaired) electrons. The van der Waals surface area contributed by atoms with E-state index in [4.69, 9.17) is 4.74 Å². The average molecular weight is 267 g/mol. The summed E-state index contributed by atoms with van der Waals surface area (Å²) in [6.45, 7) is -0.341. The lowest BCUT2D eigenvalue weighted by molar-refractivity contribution is -0.123. The first kappa shape index (κ1) is 12.5. The van der Waals surface area contributed by atoms with Crippen LogP contribution in [0.1, 0.15) is 9.67 Å². The van der Waals surface area contributed by atoms with Crippen LogP contribution in [-0.4, -0.2) is 25.5 Å². The molecule has 1 amide bonds. The highest BCUT2D eigenvalue weighted by molar-refractivity contribution is 7.20. The van der Waals surface area contributed by atoms with Crippen molar-refractivity contribution in [3.8, 4) is 0 Å². The molecule has 1 aromatic heterocycles. The molecule has 0 aliphatic heterocycles.